The van der Waals surface area contributed by atoms with Crippen LogP contribution < -0.4 is 4.74 Å². The van der Waals surface area contributed by atoms with Crippen molar-refractivity contribution in [3.8, 4) is 5.75 Å². The van der Waals surface area contributed by atoms with E-state index < -0.39 is 12.1 Å². The molecule has 0 saturated carbocycles. The first-order valence-corrected chi connectivity index (χ1v) is 9.16. The zero-order valence-electron chi connectivity index (χ0n) is 14.9. The number of allylic oxidation sites excluding steroid dienone is 2. The fourth-order valence-corrected chi connectivity index (χ4v) is 3.46. The van der Waals surface area contributed by atoms with Gasteiger partial charge in [0.1, 0.15) is 18.2 Å². The Hall–Kier alpha value is -2.66. The second kappa shape index (κ2) is 7.92. The van der Waals surface area contributed by atoms with Gasteiger partial charge in [0.15, 0.2) is 0 Å². The molecule has 0 spiro atoms. The molecule has 4 rings (SSSR count). The van der Waals surface area contributed by atoms with Gasteiger partial charge in [-0.25, -0.2) is 4.39 Å². The zero-order valence-corrected chi connectivity index (χ0v) is 14.9. The molecule has 5 heteroatoms. The highest BCUT2D eigenvalue weighted by atomic mass is 19.1. The summed E-state index contributed by atoms with van der Waals surface area (Å²) in [5.74, 6) is 0.0937. The van der Waals surface area contributed by atoms with Crippen LogP contribution in [0, 0.1) is 11.7 Å². The molecule has 0 unspecified atom stereocenters. The fourth-order valence-electron chi connectivity index (χ4n) is 3.46. The molecule has 2 aromatic rings. The van der Waals surface area contributed by atoms with Gasteiger partial charge in [0.05, 0.1) is 13.0 Å². The molecule has 0 fully saturated rings. The predicted octanol–water partition coefficient (Wildman–Crippen LogP) is 4.83. The highest BCUT2D eigenvalue weighted by molar-refractivity contribution is 5.70. The molecular weight excluding hydrogens is 347 g/mol. The largest absolute Gasteiger partial charge is 0.461 e. The molecule has 2 atom stereocenters. The van der Waals surface area contributed by atoms with E-state index in [1.807, 2.05) is 30.3 Å². The maximum atomic E-state index is 14.0. The molecule has 0 aromatic heterocycles. The SMILES string of the molecule is O=C(C[C@@H]1C=CCC1)OCc1cc(F)cc2c1O[C@H](c1ccccc1)OC2. The normalized spacial score (nSPS) is 20.8. The van der Waals surface area contributed by atoms with Crippen molar-refractivity contribution in [1.82, 2.24) is 0 Å². The van der Waals surface area contributed by atoms with E-state index in [4.69, 9.17) is 14.2 Å². The summed E-state index contributed by atoms with van der Waals surface area (Å²) in [5.41, 5.74) is 2.01. The van der Waals surface area contributed by atoms with E-state index >= 15 is 0 Å². The Balaban J connectivity index is 1.47. The Morgan fingerprint density at radius 3 is 2.85 bits per heavy atom. The molecule has 0 amide bonds. The minimum Gasteiger partial charge on any atom is -0.461 e. The number of halogens is 1. The summed E-state index contributed by atoms with van der Waals surface area (Å²) < 4.78 is 31.0. The van der Waals surface area contributed by atoms with E-state index in [-0.39, 0.29) is 25.1 Å². The Bertz CT molecular complexity index is 847. The molecule has 27 heavy (non-hydrogen) atoms. The molecule has 0 saturated heterocycles. The van der Waals surface area contributed by atoms with Gasteiger partial charge in [-0.15, -0.1) is 0 Å². The van der Waals surface area contributed by atoms with Crippen LogP contribution in [0.4, 0.5) is 4.39 Å². The zero-order chi connectivity index (χ0) is 18.6. The molecule has 0 bridgehead atoms. The van der Waals surface area contributed by atoms with Crippen molar-refractivity contribution in [1.29, 1.82) is 0 Å². The smallest absolute Gasteiger partial charge is 0.306 e. The number of rotatable bonds is 5. The van der Waals surface area contributed by atoms with Gasteiger partial charge >= 0.3 is 5.97 Å². The number of esters is 1. The minimum absolute atomic E-state index is 0.0170. The summed E-state index contributed by atoms with van der Waals surface area (Å²) in [6.45, 7) is 0.220. The Morgan fingerprint density at radius 1 is 1.22 bits per heavy atom. The third-order valence-corrected chi connectivity index (χ3v) is 4.82. The number of fused-ring (bicyclic) bond motifs is 1. The summed E-state index contributed by atoms with van der Waals surface area (Å²) >= 11 is 0. The fraction of sp³-hybridized carbons (Fsp3) is 0.318. The van der Waals surface area contributed by atoms with Gasteiger partial charge in [0, 0.05) is 16.7 Å². The summed E-state index contributed by atoms with van der Waals surface area (Å²) in [6, 6.07) is 12.3. The Morgan fingerprint density at radius 2 is 2.07 bits per heavy atom. The number of ether oxygens (including phenoxy) is 3. The van der Waals surface area contributed by atoms with Crippen LogP contribution in [0.1, 0.15) is 42.2 Å². The van der Waals surface area contributed by atoms with E-state index in [2.05, 4.69) is 12.2 Å². The third-order valence-electron chi connectivity index (χ3n) is 4.82. The molecule has 1 aliphatic heterocycles. The first kappa shape index (κ1) is 17.7. The molecule has 0 radical (unpaired) electrons. The molecule has 1 aliphatic carbocycles. The molecule has 4 nitrogen and oxygen atoms in total. The van der Waals surface area contributed by atoms with E-state index in [0.29, 0.717) is 23.3 Å². The van der Waals surface area contributed by atoms with Gasteiger partial charge in [-0.2, -0.15) is 0 Å². The van der Waals surface area contributed by atoms with Gasteiger partial charge in [0.25, 0.3) is 0 Å². The summed E-state index contributed by atoms with van der Waals surface area (Å²) in [4.78, 5) is 12.1. The van der Waals surface area contributed by atoms with Crippen molar-refractivity contribution in [2.75, 3.05) is 0 Å². The lowest BCUT2D eigenvalue weighted by Crippen LogP contribution is -2.20. The highest BCUT2D eigenvalue weighted by Crippen LogP contribution is 2.37. The monoisotopic (exact) mass is 368 g/mol. The second-order valence-electron chi connectivity index (χ2n) is 6.86. The topological polar surface area (TPSA) is 44.8 Å². The highest BCUT2D eigenvalue weighted by Gasteiger charge is 2.26. The van der Waals surface area contributed by atoms with E-state index in [1.54, 1.807) is 0 Å². The van der Waals surface area contributed by atoms with Crippen molar-refractivity contribution in [2.24, 2.45) is 5.92 Å². The quantitative estimate of drug-likeness (QED) is 0.560. The number of carbonyl (C=O) groups excluding carboxylic acids is 1. The molecule has 140 valence electrons. The average Bonchev–Trinajstić information content (AvgIpc) is 3.19. The number of carbonyl (C=O) groups is 1. The standard InChI is InChI=1S/C22H21FO4/c23-19-11-17(13-25-20(24)10-15-6-4-5-7-15)21-18(12-19)14-26-22(27-21)16-8-2-1-3-9-16/h1-4,6,8-9,11-12,15,22H,5,7,10,13-14H2/t15-,22-/m1/s1. The number of hydrogen-bond donors (Lipinski definition) is 0. The van der Waals surface area contributed by atoms with E-state index in [1.165, 1.54) is 12.1 Å². The maximum Gasteiger partial charge on any atom is 0.306 e. The van der Waals surface area contributed by atoms with Crippen molar-refractivity contribution >= 4 is 5.97 Å². The summed E-state index contributed by atoms with van der Waals surface area (Å²) in [6.07, 6.45) is 5.90. The van der Waals surface area contributed by atoms with Gasteiger partial charge < -0.3 is 14.2 Å². The molecule has 2 aliphatic rings. The van der Waals surface area contributed by atoms with Crippen molar-refractivity contribution in [3.05, 3.63) is 77.1 Å². The first-order chi connectivity index (χ1) is 13.2. The van der Waals surface area contributed by atoms with Crippen LogP contribution in [0.15, 0.2) is 54.6 Å². The van der Waals surface area contributed by atoms with Crippen LogP contribution in [0.25, 0.3) is 0 Å². The molecule has 0 N–H and O–H groups in total. The molecule has 1 heterocycles. The lowest BCUT2D eigenvalue weighted by Gasteiger charge is -2.28. The summed E-state index contributed by atoms with van der Waals surface area (Å²) in [7, 11) is 0. The first-order valence-electron chi connectivity index (χ1n) is 9.16. The van der Waals surface area contributed by atoms with Gasteiger partial charge in [0.2, 0.25) is 6.29 Å². The van der Waals surface area contributed by atoms with Crippen molar-refractivity contribution < 1.29 is 23.4 Å². The average molecular weight is 368 g/mol. The lowest BCUT2D eigenvalue weighted by atomic mass is 10.1. The van der Waals surface area contributed by atoms with E-state index in [9.17, 15) is 9.18 Å². The second-order valence-corrected chi connectivity index (χ2v) is 6.86. The van der Waals surface area contributed by atoms with Crippen molar-refractivity contribution in [3.63, 3.8) is 0 Å². The molecule has 2 aromatic carbocycles. The van der Waals surface area contributed by atoms with Crippen LogP contribution in [-0.4, -0.2) is 5.97 Å². The Kier molecular flexibility index (Phi) is 5.21. The third kappa shape index (κ3) is 4.19. The van der Waals surface area contributed by atoms with Gasteiger partial charge in [-0.1, -0.05) is 42.5 Å². The van der Waals surface area contributed by atoms with Crippen LogP contribution in [0.2, 0.25) is 0 Å². The van der Waals surface area contributed by atoms with Gasteiger partial charge in [-0.05, 0) is 30.9 Å². The Labute approximate surface area is 157 Å². The molecular formula is C22H21FO4. The van der Waals surface area contributed by atoms with Crippen LogP contribution >= 0.6 is 0 Å². The number of benzene rings is 2. The minimum atomic E-state index is -0.567. The van der Waals surface area contributed by atoms with Crippen LogP contribution in [0.5, 0.6) is 5.75 Å². The van der Waals surface area contributed by atoms with E-state index in [0.717, 1.165) is 18.4 Å². The summed E-state index contributed by atoms with van der Waals surface area (Å²) in [5, 5.41) is 0. The van der Waals surface area contributed by atoms with Gasteiger partial charge in [-0.3, -0.25) is 4.79 Å². The lowest BCUT2D eigenvalue weighted by molar-refractivity contribution is -0.146. The maximum absolute atomic E-state index is 14.0. The number of hydrogen-bond acceptors (Lipinski definition) is 4. The predicted molar refractivity (Wildman–Crippen MR) is 97.3 cm³/mol. The van der Waals surface area contributed by atoms with Crippen molar-refractivity contribution in [2.45, 2.75) is 38.8 Å². The van der Waals surface area contributed by atoms with Crippen LogP contribution in [-0.2, 0) is 27.5 Å². The van der Waals surface area contributed by atoms with Crippen LogP contribution in [0.3, 0.4) is 0 Å².